The zero-order valence-electron chi connectivity index (χ0n) is 6.67. The molecule has 0 aliphatic carbocycles. The molecule has 0 aliphatic heterocycles. The van der Waals surface area contributed by atoms with E-state index in [1.165, 1.54) is 0 Å². The quantitative estimate of drug-likeness (QED) is 0.630. The highest BCUT2D eigenvalue weighted by Crippen LogP contribution is 2.27. The molecule has 0 saturated carbocycles. The average Bonchev–Trinajstić information content (AvgIpc) is 1.85. The Bertz CT molecular complexity index is 242. The van der Waals surface area contributed by atoms with Crippen molar-refractivity contribution in [3.8, 4) is 0 Å². The molecule has 0 rings (SSSR count). The lowest BCUT2D eigenvalue weighted by atomic mass is 9.92. The molecule has 2 N–H and O–H groups in total. The predicted molar refractivity (Wildman–Crippen MR) is 38.2 cm³/mol. The summed E-state index contributed by atoms with van der Waals surface area (Å²) in [5.74, 6) is -4.08. The number of rotatable bonds is 3. The summed E-state index contributed by atoms with van der Waals surface area (Å²) in [6.45, 7) is 2.17. The van der Waals surface area contributed by atoms with Crippen molar-refractivity contribution in [1.82, 2.24) is 0 Å². The third kappa shape index (κ3) is 2.34. The third-order valence-electron chi connectivity index (χ3n) is 1.38. The number of hydrogen-bond acceptors (Lipinski definition) is 2. The van der Waals surface area contributed by atoms with Gasteiger partial charge in [-0.1, -0.05) is 0 Å². The minimum absolute atomic E-state index is 0.244. The molecule has 0 spiro atoms. The first-order valence-corrected chi connectivity index (χ1v) is 3.12. The minimum Gasteiger partial charge on any atom is -0.481 e. The molecule has 0 fully saturated rings. The Morgan fingerprint density at radius 3 is 2.00 bits per heavy atom. The van der Waals surface area contributed by atoms with Crippen LogP contribution >= 0.6 is 0 Å². The van der Waals surface area contributed by atoms with E-state index in [9.17, 15) is 14.0 Å². The number of hydrogen-bond donors (Lipinski definition) is 2. The second-order valence-electron chi connectivity index (χ2n) is 2.76. The van der Waals surface area contributed by atoms with Crippen LogP contribution in [0, 0.1) is 5.41 Å². The van der Waals surface area contributed by atoms with Crippen molar-refractivity contribution in [1.29, 1.82) is 0 Å². The van der Waals surface area contributed by atoms with Gasteiger partial charge in [-0.15, -0.1) is 0 Å². The van der Waals surface area contributed by atoms with Gasteiger partial charge in [0.1, 0.15) is 11.2 Å². The van der Waals surface area contributed by atoms with E-state index in [4.69, 9.17) is 10.2 Å². The number of carbonyl (C=O) groups is 2. The van der Waals surface area contributed by atoms with Crippen LogP contribution in [0.25, 0.3) is 0 Å². The van der Waals surface area contributed by atoms with Crippen LogP contribution in [0.4, 0.5) is 4.39 Å². The van der Waals surface area contributed by atoms with Gasteiger partial charge in [0.25, 0.3) is 0 Å². The lowest BCUT2D eigenvalue weighted by Gasteiger charge is -2.15. The van der Waals surface area contributed by atoms with E-state index in [1.54, 1.807) is 0 Å². The number of carboxylic acids is 2. The van der Waals surface area contributed by atoms with Crippen molar-refractivity contribution >= 4 is 11.9 Å². The molecule has 4 nitrogen and oxygen atoms in total. The standard InChI is InChI=1S/C7H9FO4/c1-7(2,6(11)12)4(8)3-5(9)10/h3H,1-2H3,(H,9,10)(H,11,12). The molecular weight excluding hydrogens is 167 g/mol. The highest BCUT2D eigenvalue weighted by atomic mass is 19.1. The van der Waals surface area contributed by atoms with Crippen LogP contribution < -0.4 is 0 Å². The van der Waals surface area contributed by atoms with Gasteiger partial charge in [0, 0.05) is 0 Å². The summed E-state index contributed by atoms with van der Waals surface area (Å²) >= 11 is 0. The molecule has 12 heavy (non-hydrogen) atoms. The molecule has 0 aromatic rings. The summed E-state index contributed by atoms with van der Waals surface area (Å²) in [4.78, 5) is 20.3. The summed E-state index contributed by atoms with van der Waals surface area (Å²) in [5.41, 5.74) is -1.78. The van der Waals surface area contributed by atoms with E-state index >= 15 is 0 Å². The second kappa shape index (κ2) is 3.34. The van der Waals surface area contributed by atoms with Crippen molar-refractivity contribution in [3.63, 3.8) is 0 Å². The Morgan fingerprint density at radius 1 is 1.33 bits per heavy atom. The number of carboxylic acid groups (broad SMARTS) is 2. The smallest absolute Gasteiger partial charge is 0.330 e. The van der Waals surface area contributed by atoms with E-state index in [0.29, 0.717) is 0 Å². The molecule has 0 unspecified atom stereocenters. The SMILES string of the molecule is CC(C)(C(=O)O)C(F)=CC(=O)O. The van der Waals surface area contributed by atoms with E-state index < -0.39 is 23.2 Å². The van der Waals surface area contributed by atoms with Crippen molar-refractivity contribution in [2.75, 3.05) is 0 Å². The van der Waals surface area contributed by atoms with Gasteiger partial charge in [-0.25, -0.2) is 9.18 Å². The third-order valence-corrected chi connectivity index (χ3v) is 1.38. The summed E-state index contributed by atoms with van der Waals surface area (Å²) in [7, 11) is 0. The van der Waals surface area contributed by atoms with Gasteiger partial charge >= 0.3 is 11.9 Å². The molecule has 0 bridgehead atoms. The van der Waals surface area contributed by atoms with Crippen molar-refractivity contribution in [2.45, 2.75) is 13.8 Å². The molecule has 0 radical (unpaired) electrons. The Kier molecular flexibility index (Phi) is 2.95. The maximum Gasteiger partial charge on any atom is 0.330 e. The maximum absolute atomic E-state index is 12.8. The molecule has 0 saturated heterocycles. The highest BCUT2D eigenvalue weighted by Gasteiger charge is 2.33. The van der Waals surface area contributed by atoms with Crippen LogP contribution in [0.5, 0.6) is 0 Å². The summed E-state index contributed by atoms with van der Waals surface area (Å²) in [6.07, 6.45) is 0.244. The highest BCUT2D eigenvalue weighted by molar-refractivity contribution is 5.84. The molecule has 0 amide bonds. The van der Waals surface area contributed by atoms with Crippen LogP contribution in [-0.4, -0.2) is 22.2 Å². The molecule has 0 atom stereocenters. The van der Waals surface area contributed by atoms with Crippen molar-refractivity contribution < 1.29 is 24.2 Å². The zero-order chi connectivity index (χ0) is 9.94. The van der Waals surface area contributed by atoms with Crippen LogP contribution in [0.1, 0.15) is 13.8 Å². The molecule has 0 aliphatic rings. The average molecular weight is 176 g/mol. The van der Waals surface area contributed by atoms with Crippen molar-refractivity contribution in [3.05, 3.63) is 11.9 Å². The first-order chi connectivity index (χ1) is 5.28. The van der Waals surface area contributed by atoms with E-state index in [0.717, 1.165) is 13.8 Å². The van der Waals surface area contributed by atoms with Gasteiger partial charge in [-0.3, -0.25) is 4.79 Å². The molecule has 5 heteroatoms. The maximum atomic E-state index is 12.8. The topological polar surface area (TPSA) is 74.6 Å². The van der Waals surface area contributed by atoms with E-state index in [1.807, 2.05) is 0 Å². The van der Waals surface area contributed by atoms with E-state index in [2.05, 4.69) is 0 Å². The van der Waals surface area contributed by atoms with Gasteiger partial charge in [-0.2, -0.15) is 0 Å². The van der Waals surface area contributed by atoms with Crippen LogP contribution in [0.15, 0.2) is 11.9 Å². The summed E-state index contributed by atoms with van der Waals surface area (Å²) < 4.78 is 12.8. The Labute approximate surface area is 68.3 Å². The van der Waals surface area contributed by atoms with Crippen LogP contribution in [-0.2, 0) is 9.59 Å². The van der Waals surface area contributed by atoms with Gasteiger partial charge in [0.2, 0.25) is 0 Å². The molecule has 0 aromatic heterocycles. The largest absolute Gasteiger partial charge is 0.481 e. The monoisotopic (exact) mass is 176 g/mol. The Morgan fingerprint density at radius 2 is 1.75 bits per heavy atom. The fourth-order valence-corrected chi connectivity index (χ4v) is 0.391. The normalized spacial score (nSPS) is 12.8. The van der Waals surface area contributed by atoms with Gasteiger partial charge in [-0.05, 0) is 13.8 Å². The Balaban J connectivity index is 4.79. The van der Waals surface area contributed by atoms with Crippen LogP contribution in [0.2, 0.25) is 0 Å². The lowest BCUT2D eigenvalue weighted by Crippen LogP contribution is -2.24. The summed E-state index contributed by atoms with van der Waals surface area (Å²) in [5, 5.41) is 16.6. The zero-order valence-corrected chi connectivity index (χ0v) is 6.67. The molecule has 0 aromatic carbocycles. The molecular formula is C7H9FO4. The second-order valence-corrected chi connectivity index (χ2v) is 2.76. The fraction of sp³-hybridized carbons (Fsp3) is 0.429. The van der Waals surface area contributed by atoms with E-state index in [-0.39, 0.29) is 6.08 Å². The number of aliphatic carboxylic acids is 2. The first-order valence-electron chi connectivity index (χ1n) is 3.12. The molecule has 68 valence electrons. The minimum atomic E-state index is -1.78. The van der Waals surface area contributed by atoms with Gasteiger partial charge < -0.3 is 10.2 Å². The lowest BCUT2D eigenvalue weighted by molar-refractivity contribution is -0.145. The number of halogens is 1. The summed E-state index contributed by atoms with van der Waals surface area (Å²) in [6, 6.07) is 0. The van der Waals surface area contributed by atoms with Gasteiger partial charge in [0.05, 0.1) is 6.08 Å². The van der Waals surface area contributed by atoms with Crippen molar-refractivity contribution in [2.24, 2.45) is 5.41 Å². The Hall–Kier alpha value is -1.39. The fourth-order valence-electron chi connectivity index (χ4n) is 0.391. The van der Waals surface area contributed by atoms with Crippen LogP contribution in [0.3, 0.4) is 0 Å². The molecule has 0 heterocycles. The van der Waals surface area contributed by atoms with Gasteiger partial charge in [0.15, 0.2) is 0 Å². The first kappa shape index (κ1) is 10.6. The predicted octanol–water partition coefficient (Wildman–Crippen LogP) is 1.04.